The molecule has 2 amide bonds. The van der Waals surface area contributed by atoms with Gasteiger partial charge in [-0.2, -0.15) is 0 Å². The van der Waals surface area contributed by atoms with Crippen molar-refractivity contribution in [2.75, 3.05) is 12.4 Å². The fourth-order valence-corrected chi connectivity index (χ4v) is 1.69. The van der Waals surface area contributed by atoms with Crippen LogP contribution in [0.5, 0.6) is 0 Å². The average Bonchev–Trinajstić information content (AvgIpc) is 2.32. The second-order valence-electron chi connectivity index (χ2n) is 4.81. The molecule has 0 saturated carbocycles. The normalized spacial score (nSPS) is 11.0. The highest BCUT2D eigenvalue weighted by molar-refractivity contribution is 9.10. The van der Waals surface area contributed by atoms with Gasteiger partial charge in [-0.25, -0.2) is 9.59 Å². The molecule has 0 fully saturated rings. The molecule has 0 unspecified atom stereocenters. The molecule has 0 atom stereocenters. The summed E-state index contributed by atoms with van der Waals surface area (Å²) in [6.07, 6.45) is 0. The number of halogens is 1. The molecule has 6 heteroatoms. The molecule has 1 aromatic rings. The van der Waals surface area contributed by atoms with Crippen LogP contribution in [-0.2, 0) is 4.79 Å². The molecule has 2 N–H and O–H groups in total. The Morgan fingerprint density at radius 2 is 1.95 bits per heavy atom. The number of benzene rings is 1. The fourth-order valence-electron chi connectivity index (χ4n) is 1.33. The van der Waals surface area contributed by atoms with E-state index in [2.05, 4.69) is 21.2 Å². The molecule has 0 radical (unpaired) electrons. The number of carboxylic acid groups (broad SMARTS) is 1. The number of carboxylic acids is 1. The molecule has 1 rings (SSSR count). The number of likely N-dealkylation sites (N-methyl/N-ethyl adjacent to an activating group) is 1. The summed E-state index contributed by atoms with van der Waals surface area (Å²) in [5, 5.41) is 11.8. The maximum absolute atomic E-state index is 12.1. The Labute approximate surface area is 120 Å². The molecule has 104 valence electrons. The van der Waals surface area contributed by atoms with Gasteiger partial charge in [-0.3, -0.25) is 0 Å². The monoisotopic (exact) mass is 328 g/mol. The van der Waals surface area contributed by atoms with E-state index in [1.807, 2.05) is 19.1 Å². The lowest BCUT2D eigenvalue weighted by Crippen LogP contribution is -2.52. The summed E-state index contributed by atoms with van der Waals surface area (Å²) >= 11 is 3.33. The van der Waals surface area contributed by atoms with Crippen molar-refractivity contribution in [2.45, 2.75) is 26.3 Å². The second kappa shape index (κ2) is 5.61. The number of hydrogen-bond donors (Lipinski definition) is 2. The number of carbonyl (C=O) groups excluding carboxylic acids is 1. The third-order valence-electron chi connectivity index (χ3n) is 3.11. The molecule has 0 aliphatic heterocycles. The Hall–Kier alpha value is -1.56. The van der Waals surface area contributed by atoms with Gasteiger partial charge < -0.3 is 15.3 Å². The Morgan fingerprint density at radius 3 is 2.47 bits per heavy atom. The molecular weight excluding hydrogens is 312 g/mol. The quantitative estimate of drug-likeness (QED) is 0.895. The van der Waals surface area contributed by atoms with Crippen LogP contribution in [0.15, 0.2) is 22.7 Å². The first kappa shape index (κ1) is 15.5. The van der Waals surface area contributed by atoms with Crippen molar-refractivity contribution in [1.29, 1.82) is 0 Å². The van der Waals surface area contributed by atoms with Crippen LogP contribution >= 0.6 is 15.9 Å². The minimum absolute atomic E-state index is 0.464. The molecule has 0 heterocycles. The van der Waals surface area contributed by atoms with Crippen LogP contribution < -0.4 is 5.32 Å². The van der Waals surface area contributed by atoms with Crippen LogP contribution in [0.25, 0.3) is 0 Å². The highest BCUT2D eigenvalue weighted by Gasteiger charge is 2.35. The molecular formula is C13H17BrN2O3. The molecule has 5 nitrogen and oxygen atoms in total. The first-order valence-corrected chi connectivity index (χ1v) is 6.50. The van der Waals surface area contributed by atoms with Gasteiger partial charge in [-0.1, -0.05) is 22.0 Å². The van der Waals surface area contributed by atoms with Crippen LogP contribution in [0.3, 0.4) is 0 Å². The summed E-state index contributed by atoms with van der Waals surface area (Å²) in [5.74, 6) is -1.06. The highest BCUT2D eigenvalue weighted by Crippen LogP contribution is 2.22. The van der Waals surface area contributed by atoms with E-state index in [4.69, 9.17) is 5.11 Å². The van der Waals surface area contributed by atoms with E-state index in [9.17, 15) is 9.59 Å². The van der Waals surface area contributed by atoms with Gasteiger partial charge in [0, 0.05) is 17.2 Å². The highest BCUT2D eigenvalue weighted by atomic mass is 79.9. The minimum Gasteiger partial charge on any atom is -0.480 e. The van der Waals surface area contributed by atoms with Crippen molar-refractivity contribution in [3.05, 3.63) is 28.2 Å². The maximum atomic E-state index is 12.1. The summed E-state index contributed by atoms with van der Waals surface area (Å²) in [7, 11) is 1.46. The summed E-state index contributed by atoms with van der Waals surface area (Å²) < 4.78 is 0.841. The van der Waals surface area contributed by atoms with E-state index in [0.29, 0.717) is 5.69 Å². The van der Waals surface area contributed by atoms with Gasteiger partial charge in [0.15, 0.2) is 0 Å². The van der Waals surface area contributed by atoms with Gasteiger partial charge >= 0.3 is 12.0 Å². The predicted molar refractivity (Wildman–Crippen MR) is 77.4 cm³/mol. The number of urea groups is 1. The molecule has 0 aliphatic carbocycles. The van der Waals surface area contributed by atoms with Crippen molar-refractivity contribution in [3.63, 3.8) is 0 Å². The Morgan fingerprint density at radius 1 is 1.37 bits per heavy atom. The molecule has 0 bridgehead atoms. The smallest absolute Gasteiger partial charge is 0.329 e. The van der Waals surface area contributed by atoms with E-state index >= 15 is 0 Å². The van der Waals surface area contributed by atoms with Crippen molar-refractivity contribution in [1.82, 2.24) is 4.90 Å². The Bertz CT molecular complexity index is 515. The van der Waals surface area contributed by atoms with Crippen molar-refractivity contribution in [3.8, 4) is 0 Å². The van der Waals surface area contributed by atoms with E-state index in [0.717, 1.165) is 14.9 Å². The topological polar surface area (TPSA) is 69.6 Å². The number of nitrogens with zero attached hydrogens (tertiary/aromatic N) is 1. The SMILES string of the molecule is Cc1ccc(Br)cc1NC(=O)N(C)C(C)(C)C(=O)O. The van der Waals surface area contributed by atoms with Gasteiger partial charge in [-0.15, -0.1) is 0 Å². The van der Waals surface area contributed by atoms with Gasteiger partial charge in [0.1, 0.15) is 5.54 Å². The number of rotatable bonds is 3. The van der Waals surface area contributed by atoms with Gasteiger partial charge in [0.25, 0.3) is 0 Å². The molecule has 0 aliphatic rings. The molecule has 0 spiro atoms. The Balaban J connectivity index is 2.91. The van der Waals surface area contributed by atoms with E-state index in [1.54, 1.807) is 6.07 Å². The van der Waals surface area contributed by atoms with Crippen molar-refractivity contribution in [2.24, 2.45) is 0 Å². The van der Waals surface area contributed by atoms with E-state index < -0.39 is 17.5 Å². The van der Waals surface area contributed by atoms with Crippen LogP contribution in [0.4, 0.5) is 10.5 Å². The van der Waals surface area contributed by atoms with Crippen molar-refractivity contribution < 1.29 is 14.7 Å². The lowest BCUT2D eigenvalue weighted by molar-refractivity contribution is -0.146. The van der Waals surface area contributed by atoms with Crippen LogP contribution in [0, 0.1) is 6.92 Å². The van der Waals surface area contributed by atoms with Crippen LogP contribution in [-0.4, -0.2) is 34.6 Å². The fraction of sp³-hybridized carbons (Fsp3) is 0.385. The molecule has 1 aromatic carbocycles. The average molecular weight is 329 g/mol. The van der Waals surface area contributed by atoms with E-state index in [1.165, 1.54) is 20.9 Å². The predicted octanol–water partition coefficient (Wildman–Crippen LogP) is 3.08. The van der Waals surface area contributed by atoms with Crippen LogP contribution in [0.2, 0.25) is 0 Å². The summed E-state index contributed by atoms with van der Waals surface area (Å²) in [4.78, 5) is 24.3. The number of anilines is 1. The van der Waals surface area contributed by atoms with Gasteiger partial charge in [0.2, 0.25) is 0 Å². The van der Waals surface area contributed by atoms with Gasteiger partial charge in [0.05, 0.1) is 0 Å². The maximum Gasteiger partial charge on any atom is 0.329 e. The Kier molecular flexibility index (Phi) is 4.57. The van der Waals surface area contributed by atoms with Crippen molar-refractivity contribution >= 4 is 33.6 Å². The number of carbonyl (C=O) groups is 2. The largest absolute Gasteiger partial charge is 0.480 e. The third-order valence-corrected chi connectivity index (χ3v) is 3.60. The minimum atomic E-state index is -1.27. The first-order chi connectivity index (χ1) is 8.66. The summed E-state index contributed by atoms with van der Waals surface area (Å²) in [6, 6.07) is 5.04. The lowest BCUT2D eigenvalue weighted by Gasteiger charge is -2.31. The first-order valence-electron chi connectivity index (χ1n) is 5.70. The number of aliphatic carboxylic acids is 1. The number of amides is 2. The van der Waals surface area contributed by atoms with E-state index in [-0.39, 0.29) is 0 Å². The number of nitrogens with one attached hydrogen (secondary N) is 1. The lowest BCUT2D eigenvalue weighted by atomic mass is 10.0. The zero-order valence-corrected chi connectivity index (χ0v) is 12.9. The number of hydrogen-bond acceptors (Lipinski definition) is 2. The molecule has 0 aromatic heterocycles. The van der Waals surface area contributed by atoms with Gasteiger partial charge in [-0.05, 0) is 38.5 Å². The van der Waals surface area contributed by atoms with Crippen LogP contribution in [0.1, 0.15) is 19.4 Å². The second-order valence-corrected chi connectivity index (χ2v) is 5.73. The number of aryl methyl sites for hydroxylation is 1. The standard InChI is InChI=1S/C13H17BrN2O3/c1-8-5-6-9(14)7-10(8)15-12(19)16(4)13(2,3)11(17)18/h5-7H,1-4H3,(H,15,19)(H,17,18). The zero-order valence-electron chi connectivity index (χ0n) is 11.3. The third kappa shape index (κ3) is 3.47. The molecule has 19 heavy (non-hydrogen) atoms. The summed E-state index contributed by atoms with van der Waals surface area (Å²) in [6.45, 7) is 4.82. The zero-order chi connectivity index (χ0) is 14.8. The molecule has 0 saturated heterocycles. The summed E-state index contributed by atoms with van der Waals surface area (Å²) in [5.41, 5.74) is 0.273.